The Morgan fingerprint density at radius 2 is 2.00 bits per heavy atom. The van der Waals surface area contributed by atoms with Gasteiger partial charge in [-0.3, -0.25) is 4.79 Å². The van der Waals surface area contributed by atoms with Crippen LogP contribution in [-0.2, 0) is 9.53 Å². The Balaban J connectivity index is 1.62. The highest BCUT2D eigenvalue weighted by Crippen LogP contribution is 2.28. The summed E-state index contributed by atoms with van der Waals surface area (Å²) in [6, 6.07) is 8.11. The van der Waals surface area contributed by atoms with Gasteiger partial charge in [-0.25, -0.2) is 4.99 Å². The van der Waals surface area contributed by atoms with Crippen molar-refractivity contribution in [3.05, 3.63) is 24.3 Å². The fraction of sp³-hybridized carbons (Fsp3) is 0.636. The van der Waals surface area contributed by atoms with E-state index in [2.05, 4.69) is 26.2 Å². The van der Waals surface area contributed by atoms with E-state index >= 15 is 0 Å². The van der Waals surface area contributed by atoms with Crippen LogP contribution in [-0.4, -0.2) is 94.9 Å². The van der Waals surface area contributed by atoms with Crippen LogP contribution in [0.25, 0.3) is 0 Å². The summed E-state index contributed by atoms with van der Waals surface area (Å²) >= 11 is 0. The molecule has 0 bridgehead atoms. The van der Waals surface area contributed by atoms with Crippen LogP contribution in [0.3, 0.4) is 0 Å². The molecule has 0 aliphatic carbocycles. The van der Waals surface area contributed by atoms with Gasteiger partial charge in [-0.2, -0.15) is 0 Å². The third kappa shape index (κ3) is 6.01. The largest absolute Gasteiger partial charge is 0.495 e. The Hall–Kier alpha value is -2.48. The zero-order valence-corrected chi connectivity index (χ0v) is 18.5. The number of amides is 1. The monoisotopic (exact) mass is 417 g/mol. The number of guanidine groups is 1. The molecule has 166 valence electrons. The molecule has 1 atom stereocenters. The number of carbonyl (C=O) groups is 1. The maximum atomic E-state index is 12.1. The summed E-state index contributed by atoms with van der Waals surface area (Å²) in [7, 11) is 5.22. The molecule has 1 aromatic carbocycles. The van der Waals surface area contributed by atoms with E-state index in [1.807, 2.05) is 18.2 Å². The molecular formula is C22H35N5O3. The van der Waals surface area contributed by atoms with Gasteiger partial charge in [0.2, 0.25) is 5.91 Å². The Morgan fingerprint density at radius 3 is 2.67 bits per heavy atom. The Morgan fingerprint density at radius 1 is 1.23 bits per heavy atom. The number of benzene rings is 1. The lowest BCUT2D eigenvalue weighted by Gasteiger charge is -2.38. The number of piperazine rings is 1. The molecule has 3 rings (SSSR count). The highest BCUT2D eigenvalue weighted by Gasteiger charge is 2.23. The first-order valence-corrected chi connectivity index (χ1v) is 10.8. The number of anilines is 1. The van der Waals surface area contributed by atoms with Crippen LogP contribution < -0.4 is 15.0 Å². The first kappa shape index (κ1) is 22.2. The van der Waals surface area contributed by atoms with Gasteiger partial charge in [-0.15, -0.1) is 0 Å². The van der Waals surface area contributed by atoms with Gasteiger partial charge in [0.05, 0.1) is 18.9 Å². The van der Waals surface area contributed by atoms with Crippen LogP contribution in [0, 0.1) is 0 Å². The highest BCUT2D eigenvalue weighted by molar-refractivity contribution is 5.85. The van der Waals surface area contributed by atoms with Crippen molar-refractivity contribution < 1.29 is 14.3 Å². The molecule has 0 radical (unpaired) electrons. The summed E-state index contributed by atoms with van der Waals surface area (Å²) in [5, 5.41) is 3.47. The van der Waals surface area contributed by atoms with Crippen molar-refractivity contribution in [1.82, 2.24) is 15.1 Å². The van der Waals surface area contributed by atoms with Gasteiger partial charge in [0, 0.05) is 53.4 Å². The summed E-state index contributed by atoms with van der Waals surface area (Å²) in [4.78, 5) is 22.8. The smallest absolute Gasteiger partial charge is 0.243 e. The van der Waals surface area contributed by atoms with Crippen molar-refractivity contribution in [2.75, 3.05) is 72.0 Å². The van der Waals surface area contributed by atoms with Crippen molar-refractivity contribution in [3.8, 4) is 5.75 Å². The molecule has 0 aromatic heterocycles. The van der Waals surface area contributed by atoms with Crippen molar-refractivity contribution in [2.45, 2.75) is 25.4 Å². The second-order valence-electron chi connectivity index (χ2n) is 7.94. The highest BCUT2D eigenvalue weighted by atomic mass is 16.5. The van der Waals surface area contributed by atoms with Gasteiger partial charge in [-0.05, 0) is 31.4 Å². The molecule has 2 aliphatic heterocycles. The maximum Gasteiger partial charge on any atom is 0.243 e. The van der Waals surface area contributed by atoms with Crippen molar-refractivity contribution in [2.24, 2.45) is 4.99 Å². The fourth-order valence-corrected chi connectivity index (χ4v) is 3.78. The van der Waals surface area contributed by atoms with E-state index in [9.17, 15) is 4.79 Å². The minimum absolute atomic E-state index is 0.00382. The Kier molecular flexibility index (Phi) is 8.19. The predicted molar refractivity (Wildman–Crippen MR) is 119 cm³/mol. The van der Waals surface area contributed by atoms with Crippen LogP contribution in [0.4, 0.5) is 5.69 Å². The molecule has 2 fully saturated rings. The first-order valence-electron chi connectivity index (χ1n) is 10.8. The molecule has 0 saturated carbocycles. The number of methoxy groups -OCH3 is 1. The fourth-order valence-electron chi connectivity index (χ4n) is 3.78. The number of hydrogen-bond donors (Lipinski definition) is 1. The number of likely N-dealkylation sites (N-methyl/N-ethyl adjacent to an activating group) is 1. The maximum absolute atomic E-state index is 12.1. The minimum Gasteiger partial charge on any atom is -0.495 e. The molecule has 2 heterocycles. The number of carbonyl (C=O) groups excluding carboxylic acids is 1. The van der Waals surface area contributed by atoms with E-state index in [0.29, 0.717) is 0 Å². The molecule has 1 N–H and O–H groups in total. The van der Waals surface area contributed by atoms with E-state index in [-0.39, 0.29) is 18.6 Å². The molecular weight excluding hydrogens is 382 g/mol. The second-order valence-corrected chi connectivity index (χ2v) is 7.94. The van der Waals surface area contributed by atoms with Crippen LogP contribution in [0.2, 0.25) is 0 Å². The van der Waals surface area contributed by atoms with E-state index in [0.717, 1.165) is 69.6 Å². The Labute approximate surface area is 179 Å². The average molecular weight is 418 g/mol. The van der Waals surface area contributed by atoms with Crippen molar-refractivity contribution >= 4 is 17.6 Å². The van der Waals surface area contributed by atoms with Gasteiger partial charge >= 0.3 is 0 Å². The van der Waals surface area contributed by atoms with Gasteiger partial charge in [-0.1, -0.05) is 12.1 Å². The number of para-hydroxylation sites is 2. The van der Waals surface area contributed by atoms with Crippen LogP contribution >= 0.6 is 0 Å². The molecule has 8 heteroatoms. The lowest BCUT2D eigenvalue weighted by Crippen LogP contribution is -2.54. The third-order valence-corrected chi connectivity index (χ3v) is 5.63. The zero-order chi connectivity index (χ0) is 21.3. The summed E-state index contributed by atoms with van der Waals surface area (Å²) < 4.78 is 11.4. The average Bonchev–Trinajstić information content (AvgIpc) is 2.79. The van der Waals surface area contributed by atoms with Gasteiger partial charge in [0.1, 0.15) is 12.3 Å². The van der Waals surface area contributed by atoms with E-state index in [4.69, 9.17) is 9.47 Å². The lowest BCUT2D eigenvalue weighted by atomic mass is 10.1. The van der Waals surface area contributed by atoms with E-state index < -0.39 is 0 Å². The van der Waals surface area contributed by atoms with Crippen LogP contribution in [0.1, 0.15) is 19.3 Å². The number of ether oxygens (including phenoxy) is 2. The number of rotatable bonds is 6. The second kappa shape index (κ2) is 11.1. The van der Waals surface area contributed by atoms with Gasteiger partial charge in [0.25, 0.3) is 0 Å². The molecule has 30 heavy (non-hydrogen) atoms. The van der Waals surface area contributed by atoms with Gasteiger partial charge in [0.15, 0.2) is 5.96 Å². The Bertz CT molecular complexity index is 710. The molecule has 1 unspecified atom stereocenters. The number of aliphatic imine (C=N–C) groups is 1. The van der Waals surface area contributed by atoms with Crippen molar-refractivity contribution in [3.63, 3.8) is 0 Å². The van der Waals surface area contributed by atoms with E-state index in [1.54, 1.807) is 26.1 Å². The quantitative estimate of drug-likeness (QED) is 0.558. The van der Waals surface area contributed by atoms with Crippen LogP contribution in [0.15, 0.2) is 29.3 Å². The molecule has 1 aromatic rings. The number of nitrogens with one attached hydrogen (secondary N) is 1. The standard InChI is InChI=1S/C22H35N5O3/c1-25(2)21(28)17-24-22(23-16-18-8-6-7-15-30-18)27-13-11-26(12-14-27)19-9-4-5-10-20(19)29-3/h4-5,9-10,18H,6-8,11-17H2,1-3H3,(H,23,24). The van der Waals surface area contributed by atoms with Crippen LogP contribution in [0.5, 0.6) is 5.75 Å². The molecule has 2 saturated heterocycles. The van der Waals surface area contributed by atoms with Crippen molar-refractivity contribution in [1.29, 1.82) is 0 Å². The molecule has 8 nitrogen and oxygen atoms in total. The summed E-state index contributed by atoms with van der Waals surface area (Å²) in [6.45, 7) is 5.08. The normalized spacial score (nSPS) is 20.1. The van der Waals surface area contributed by atoms with Gasteiger partial charge < -0.3 is 29.5 Å². The predicted octanol–water partition coefficient (Wildman–Crippen LogP) is 1.42. The molecule has 1 amide bonds. The number of hydrogen-bond acceptors (Lipinski definition) is 5. The molecule has 0 spiro atoms. The zero-order valence-electron chi connectivity index (χ0n) is 18.5. The third-order valence-electron chi connectivity index (χ3n) is 5.63. The first-order chi connectivity index (χ1) is 14.6. The lowest BCUT2D eigenvalue weighted by molar-refractivity contribution is -0.127. The summed E-state index contributed by atoms with van der Waals surface area (Å²) in [5.41, 5.74) is 1.12. The topological polar surface area (TPSA) is 69.6 Å². The SMILES string of the molecule is COc1ccccc1N1CCN(C(=NCC(=O)N(C)C)NCC2CCCCO2)CC1. The number of nitrogens with zero attached hydrogens (tertiary/aromatic N) is 4. The van der Waals surface area contributed by atoms with E-state index in [1.165, 1.54) is 6.42 Å². The summed E-state index contributed by atoms with van der Waals surface area (Å²) in [6.07, 6.45) is 3.62. The minimum atomic E-state index is -0.00382. The summed E-state index contributed by atoms with van der Waals surface area (Å²) in [5.74, 6) is 1.68. The molecule has 2 aliphatic rings.